The molecule has 0 atom stereocenters. The Hall–Kier alpha value is -8.01. The van der Waals surface area contributed by atoms with Crippen LogP contribution < -0.4 is 0 Å². The van der Waals surface area contributed by atoms with E-state index in [0.717, 1.165) is 44.5 Å². The molecule has 0 saturated heterocycles. The van der Waals surface area contributed by atoms with E-state index in [9.17, 15) is 0 Å². The van der Waals surface area contributed by atoms with Gasteiger partial charge in [-0.2, -0.15) is 0 Å². The Morgan fingerprint density at radius 2 is 0.433 bits per heavy atom. The van der Waals surface area contributed by atoms with Gasteiger partial charge in [-0.1, -0.05) is 218 Å². The second-order valence-electron chi connectivity index (χ2n) is 14.8. The number of nitrogens with zero attached hydrogens (tertiary/aromatic N) is 3. The standard InChI is InChI=1S/C57H39N3/c1-4-17-40(18-5-1)45-23-14-24-46(37-45)47-25-15-27-49(38-47)56-58-55(44-35-33-43(34-36-44)53-31-11-10-29-51(53)41-19-6-2-7-20-41)59-57(60-56)50-28-16-26-48(39-50)54-32-13-12-30-52(54)42-21-8-3-9-22-42/h1-39H. The predicted molar refractivity (Wildman–Crippen MR) is 249 cm³/mol. The summed E-state index contributed by atoms with van der Waals surface area (Å²) in [5, 5.41) is 0. The van der Waals surface area contributed by atoms with Crippen LogP contribution in [0.25, 0.3) is 101 Å². The molecule has 282 valence electrons. The van der Waals surface area contributed by atoms with Crippen molar-refractivity contribution < 1.29 is 0 Å². The average molecular weight is 766 g/mol. The lowest BCUT2D eigenvalue weighted by atomic mass is 9.93. The zero-order chi connectivity index (χ0) is 40.1. The highest BCUT2D eigenvalue weighted by atomic mass is 15.0. The first-order chi connectivity index (χ1) is 29.7. The Kier molecular flexibility index (Phi) is 9.97. The fraction of sp³-hybridized carbons (Fsp3) is 0. The maximum Gasteiger partial charge on any atom is 0.164 e. The van der Waals surface area contributed by atoms with Crippen LogP contribution in [0.15, 0.2) is 237 Å². The van der Waals surface area contributed by atoms with E-state index >= 15 is 0 Å². The van der Waals surface area contributed by atoms with Crippen LogP contribution in [-0.4, -0.2) is 15.0 Å². The highest BCUT2D eigenvalue weighted by Gasteiger charge is 2.16. The zero-order valence-corrected chi connectivity index (χ0v) is 32.9. The molecule has 0 fully saturated rings. The lowest BCUT2D eigenvalue weighted by Crippen LogP contribution is -2.00. The summed E-state index contributed by atoms with van der Waals surface area (Å²) in [6.07, 6.45) is 0. The van der Waals surface area contributed by atoms with E-state index < -0.39 is 0 Å². The predicted octanol–water partition coefficient (Wildman–Crippen LogP) is 14.9. The summed E-state index contributed by atoms with van der Waals surface area (Å²) in [6, 6.07) is 83.0. The largest absolute Gasteiger partial charge is 0.208 e. The third kappa shape index (κ3) is 7.56. The normalized spacial score (nSPS) is 11.0. The molecule has 0 amide bonds. The van der Waals surface area contributed by atoms with Crippen molar-refractivity contribution in [1.82, 2.24) is 15.0 Å². The zero-order valence-electron chi connectivity index (χ0n) is 32.9. The fourth-order valence-electron chi connectivity index (χ4n) is 7.94. The number of benzene rings is 9. The molecule has 60 heavy (non-hydrogen) atoms. The summed E-state index contributed by atoms with van der Waals surface area (Å²) in [4.78, 5) is 15.6. The minimum Gasteiger partial charge on any atom is -0.208 e. The van der Waals surface area contributed by atoms with Gasteiger partial charge in [0.05, 0.1) is 0 Å². The maximum atomic E-state index is 5.20. The SMILES string of the molecule is c1ccc(-c2cccc(-c3cccc(-c4nc(-c5ccc(-c6ccccc6-c6ccccc6)cc5)nc(-c5cccc(-c6ccccc6-c6ccccc6)c5)n4)c3)c2)cc1. The van der Waals surface area contributed by atoms with Crippen molar-refractivity contribution in [3.8, 4) is 101 Å². The minimum atomic E-state index is 0.615. The summed E-state index contributed by atoms with van der Waals surface area (Å²) in [7, 11) is 0. The van der Waals surface area contributed by atoms with E-state index in [1.165, 1.54) is 38.9 Å². The monoisotopic (exact) mass is 765 g/mol. The molecule has 3 heteroatoms. The van der Waals surface area contributed by atoms with Gasteiger partial charge in [0.2, 0.25) is 0 Å². The van der Waals surface area contributed by atoms with Gasteiger partial charge in [0.15, 0.2) is 17.5 Å². The topological polar surface area (TPSA) is 38.7 Å². The molecule has 0 aliphatic carbocycles. The van der Waals surface area contributed by atoms with Crippen molar-refractivity contribution >= 4 is 0 Å². The lowest BCUT2D eigenvalue weighted by Gasteiger charge is -2.13. The van der Waals surface area contributed by atoms with E-state index in [2.05, 4.69) is 231 Å². The molecule has 10 aromatic rings. The van der Waals surface area contributed by atoms with Crippen molar-refractivity contribution in [3.63, 3.8) is 0 Å². The van der Waals surface area contributed by atoms with E-state index in [1.807, 2.05) is 6.07 Å². The van der Waals surface area contributed by atoms with Crippen LogP contribution in [0.5, 0.6) is 0 Å². The van der Waals surface area contributed by atoms with Gasteiger partial charge < -0.3 is 0 Å². The molecule has 0 radical (unpaired) electrons. The van der Waals surface area contributed by atoms with Crippen molar-refractivity contribution in [2.75, 3.05) is 0 Å². The molecule has 0 spiro atoms. The summed E-state index contributed by atoms with van der Waals surface area (Å²) in [5.41, 5.74) is 16.6. The van der Waals surface area contributed by atoms with Crippen molar-refractivity contribution in [2.45, 2.75) is 0 Å². The van der Waals surface area contributed by atoms with Crippen LogP contribution in [0.3, 0.4) is 0 Å². The summed E-state index contributed by atoms with van der Waals surface area (Å²) in [5.74, 6) is 1.85. The maximum absolute atomic E-state index is 5.20. The molecule has 9 aromatic carbocycles. The number of hydrogen-bond acceptors (Lipinski definition) is 3. The molecule has 10 rings (SSSR count). The first kappa shape index (κ1) is 36.3. The van der Waals surface area contributed by atoms with Crippen LogP contribution in [0.1, 0.15) is 0 Å². The summed E-state index contributed by atoms with van der Waals surface area (Å²) in [6.45, 7) is 0. The van der Waals surface area contributed by atoms with Crippen LogP contribution in [-0.2, 0) is 0 Å². The van der Waals surface area contributed by atoms with Crippen LogP contribution >= 0.6 is 0 Å². The molecule has 1 heterocycles. The number of rotatable bonds is 9. The van der Waals surface area contributed by atoms with Gasteiger partial charge in [0, 0.05) is 16.7 Å². The Morgan fingerprint density at radius 3 is 0.900 bits per heavy atom. The Labute approximate surface area is 351 Å². The van der Waals surface area contributed by atoms with Crippen LogP contribution in [0.4, 0.5) is 0 Å². The first-order valence-electron chi connectivity index (χ1n) is 20.3. The first-order valence-corrected chi connectivity index (χ1v) is 20.3. The molecule has 0 bridgehead atoms. The van der Waals surface area contributed by atoms with Crippen LogP contribution in [0.2, 0.25) is 0 Å². The fourth-order valence-corrected chi connectivity index (χ4v) is 7.94. The smallest absolute Gasteiger partial charge is 0.164 e. The highest BCUT2D eigenvalue weighted by Crippen LogP contribution is 2.37. The van der Waals surface area contributed by atoms with Gasteiger partial charge in [-0.15, -0.1) is 0 Å². The van der Waals surface area contributed by atoms with Crippen molar-refractivity contribution in [3.05, 3.63) is 237 Å². The molecular weight excluding hydrogens is 727 g/mol. The van der Waals surface area contributed by atoms with E-state index in [0.29, 0.717) is 17.5 Å². The Morgan fingerprint density at radius 1 is 0.167 bits per heavy atom. The molecule has 0 unspecified atom stereocenters. The second kappa shape index (κ2) is 16.5. The molecule has 1 aromatic heterocycles. The minimum absolute atomic E-state index is 0.615. The Bertz CT molecular complexity index is 3070. The molecule has 0 saturated carbocycles. The summed E-state index contributed by atoms with van der Waals surface area (Å²) < 4.78 is 0. The van der Waals surface area contributed by atoms with Crippen LogP contribution in [0, 0.1) is 0 Å². The molecular formula is C57H39N3. The quantitative estimate of drug-likeness (QED) is 0.147. The van der Waals surface area contributed by atoms with Crippen molar-refractivity contribution in [2.24, 2.45) is 0 Å². The van der Waals surface area contributed by atoms with Gasteiger partial charge in [0.25, 0.3) is 0 Å². The van der Waals surface area contributed by atoms with Crippen molar-refractivity contribution in [1.29, 1.82) is 0 Å². The Balaban J connectivity index is 1.08. The third-order valence-electron chi connectivity index (χ3n) is 11.0. The lowest BCUT2D eigenvalue weighted by molar-refractivity contribution is 1.07. The second-order valence-corrected chi connectivity index (χ2v) is 14.8. The van der Waals surface area contributed by atoms with Gasteiger partial charge in [-0.3, -0.25) is 0 Å². The van der Waals surface area contributed by atoms with E-state index in [1.54, 1.807) is 0 Å². The average Bonchev–Trinajstić information content (AvgIpc) is 3.35. The van der Waals surface area contributed by atoms with Gasteiger partial charge >= 0.3 is 0 Å². The molecule has 0 N–H and O–H groups in total. The van der Waals surface area contributed by atoms with Gasteiger partial charge in [0.1, 0.15) is 0 Å². The third-order valence-corrected chi connectivity index (χ3v) is 11.0. The number of hydrogen-bond donors (Lipinski definition) is 0. The molecule has 3 nitrogen and oxygen atoms in total. The van der Waals surface area contributed by atoms with Gasteiger partial charge in [-0.25, -0.2) is 15.0 Å². The van der Waals surface area contributed by atoms with E-state index in [4.69, 9.17) is 15.0 Å². The summed E-state index contributed by atoms with van der Waals surface area (Å²) >= 11 is 0. The van der Waals surface area contributed by atoms with Gasteiger partial charge in [-0.05, 0) is 85.0 Å². The van der Waals surface area contributed by atoms with E-state index in [-0.39, 0.29) is 0 Å². The molecule has 0 aliphatic rings. The molecule has 0 aliphatic heterocycles. The highest BCUT2D eigenvalue weighted by molar-refractivity contribution is 5.86. The number of aromatic nitrogens is 3.